The molecule has 0 aromatic carbocycles. The first-order valence-electron chi connectivity index (χ1n) is 11.9. The first-order valence-corrected chi connectivity index (χ1v) is 11.9. The highest BCUT2D eigenvalue weighted by atomic mass is 19.3. The van der Waals surface area contributed by atoms with Gasteiger partial charge in [-0.2, -0.15) is 5.10 Å². The quantitative estimate of drug-likeness (QED) is 0.795. The second kappa shape index (κ2) is 6.14. The van der Waals surface area contributed by atoms with Crippen LogP contribution >= 0.6 is 0 Å². The lowest BCUT2D eigenvalue weighted by Crippen LogP contribution is -2.50. The van der Waals surface area contributed by atoms with Gasteiger partial charge >= 0.3 is 0 Å². The Bertz CT molecular complexity index is 857. The Morgan fingerprint density at radius 2 is 1.80 bits per heavy atom. The predicted molar refractivity (Wildman–Crippen MR) is 107 cm³/mol. The van der Waals surface area contributed by atoms with Crippen LogP contribution in [0.15, 0.2) is 18.5 Å². The molecule has 6 heteroatoms. The molecule has 0 amide bonds. The summed E-state index contributed by atoms with van der Waals surface area (Å²) in [6.07, 6.45) is 10.5. The molecule has 0 spiro atoms. The van der Waals surface area contributed by atoms with E-state index in [4.69, 9.17) is 0 Å². The van der Waals surface area contributed by atoms with Crippen molar-refractivity contribution >= 4 is 5.78 Å². The van der Waals surface area contributed by atoms with E-state index in [0.29, 0.717) is 36.0 Å². The molecule has 5 saturated carbocycles. The molecule has 0 saturated heterocycles. The molecule has 164 valence electrons. The van der Waals surface area contributed by atoms with Crippen molar-refractivity contribution in [3.05, 3.63) is 18.5 Å². The molecule has 4 nitrogen and oxygen atoms in total. The topological polar surface area (TPSA) is 55.1 Å². The molecule has 9 atom stereocenters. The van der Waals surface area contributed by atoms with E-state index in [-0.39, 0.29) is 23.7 Å². The molecule has 1 unspecified atom stereocenters. The highest BCUT2D eigenvalue weighted by molar-refractivity contribution is 5.82. The highest BCUT2D eigenvalue weighted by Gasteiger charge is 2.84. The maximum absolute atomic E-state index is 14.4. The van der Waals surface area contributed by atoms with E-state index in [2.05, 4.69) is 12.0 Å². The molecular weight excluding hydrogens is 386 g/mol. The fourth-order valence-corrected chi connectivity index (χ4v) is 9.02. The van der Waals surface area contributed by atoms with Crippen molar-refractivity contribution in [2.24, 2.45) is 46.8 Å². The number of carbonyl (C=O) groups excluding carboxylic acids is 1. The van der Waals surface area contributed by atoms with Crippen LogP contribution in [0.25, 0.3) is 0 Å². The van der Waals surface area contributed by atoms with Gasteiger partial charge in [-0.05, 0) is 92.4 Å². The van der Waals surface area contributed by atoms with Gasteiger partial charge in [0, 0.05) is 18.3 Å². The van der Waals surface area contributed by atoms with Crippen LogP contribution in [-0.4, -0.2) is 32.2 Å². The summed E-state index contributed by atoms with van der Waals surface area (Å²) in [5.41, 5.74) is -1.67. The lowest BCUT2D eigenvalue weighted by atomic mass is 9.49. The van der Waals surface area contributed by atoms with E-state index in [0.717, 1.165) is 44.9 Å². The van der Waals surface area contributed by atoms with Gasteiger partial charge in [0.15, 0.2) is 5.78 Å². The summed E-state index contributed by atoms with van der Waals surface area (Å²) < 4.78 is 30.4. The molecule has 1 heterocycles. The van der Waals surface area contributed by atoms with E-state index < -0.39 is 17.4 Å². The van der Waals surface area contributed by atoms with Gasteiger partial charge in [-0.15, -0.1) is 0 Å². The Hall–Kier alpha value is -1.30. The molecule has 1 aromatic heterocycles. The van der Waals surface area contributed by atoms with Crippen molar-refractivity contribution in [2.75, 3.05) is 0 Å². The van der Waals surface area contributed by atoms with Gasteiger partial charge in [0.2, 0.25) is 0 Å². The van der Waals surface area contributed by atoms with E-state index in [1.165, 1.54) is 0 Å². The second-order valence-electron chi connectivity index (χ2n) is 11.2. The molecule has 0 aliphatic heterocycles. The third-order valence-electron chi connectivity index (χ3n) is 10.4. The number of Topliss-reactive ketones (excluding diaryl/α,β-unsaturated/α-hetero) is 1. The number of carbonyl (C=O) groups is 1. The maximum Gasteiger partial charge on any atom is 0.282 e. The summed E-state index contributed by atoms with van der Waals surface area (Å²) in [4.78, 5) is 13.1. The van der Waals surface area contributed by atoms with Gasteiger partial charge in [-0.1, -0.05) is 6.92 Å². The summed E-state index contributed by atoms with van der Waals surface area (Å²) >= 11 is 0. The summed E-state index contributed by atoms with van der Waals surface area (Å²) in [7, 11) is 0. The monoisotopic (exact) mass is 418 g/mol. The van der Waals surface area contributed by atoms with Crippen molar-refractivity contribution in [1.82, 2.24) is 9.78 Å². The van der Waals surface area contributed by atoms with E-state index in [9.17, 15) is 18.7 Å². The molecular formula is C24H32F2N2O2. The minimum absolute atomic E-state index is 0.0111. The summed E-state index contributed by atoms with van der Waals surface area (Å²) in [6, 6.07) is 1.85. The van der Waals surface area contributed by atoms with Crippen molar-refractivity contribution < 1.29 is 18.7 Å². The predicted octanol–water partition coefficient (Wildman–Crippen LogP) is 4.33. The molecule has 0 bridgehead atoms. The van der Waals surface area contributed by atoms with Crippen LogP contribution in [-0.2, 0) is 11.3 Å². The average Bonchev–Trinajstić information content (AvgIpc) is 3.13. The third kappa shape index (κ3) is 2.35. The number of rotatable bonds is 3. The number of aliphatic hydroxyl groups is 1. The average molecular weight is 419 g/mol. The van der Waals surface area contributed by atoms with Gasteiger partial charge in [-0.25, -0.2) is 8.78 Å². The largest absolute Gasteiger partial charge is 0.383 e. The molecule has 1 aromatic rings. The van der Waals surface area contributed by atoms with Crippen molar-refractivity contribution in [1.29, 1.82) is 0 Å². The second-order valence-corrected chi connectivity index (χ2v) is 11.2. The number of alkyl halides is 2. The number of nitrogens with zero attached hydrogens (tertiary/aromatic N) is 2. The van der Waals surface area contributed by atoms with E-state index in [1.54, 1.807) is 10.9 Å². The van der Waals surface area contributed by atoms with Crippen molar-refractivity contribution in [3.63, 3.8) is 0 Å². The lowest BCUT2D eigenvalue weighted by Gasteiger charge is -2.55. The Balaban J connectivity index is 1.21. The minimum atomic E-state index is -2.88. The zero-order valence-corrected chi connectivity index (χ0v) is 17.6. The number of hydrogen-bond acceptors (Lipinski definition) is 3. The fourth-order valence-electron chi connectivity index (χ4n) is 9.02. The van der Waals surface area contributed by atoms with E-state index in [1.807, 2.05) is 12.3 Å². The van der Waals surface area contributed by atoms with Crippen LogP contribution in [0.2, 0.25) is 0 Å². The van der Waals surface area contributed by atoms with Gasteiger partial charge in [0.05, 0.1) is 12.5 Å². The fraction of sp³-hybridized carbons (Fsp3) is 0.833. The zero-order valence-electron chi connectivity index (χ0n) is 17.6. The van der Waals surface area contributed by atoms with Crippen molar-refractivity contribution in [3.8, 4) is 0 Å². The molecule has 5 fully saturated rings. The highest BCUT2D eigenvalue weighted by Crippen LogP contribution is 2.73. The minimum Gasteiger partial charge on any atom is -0.383 e. The number of aromatic nitrogens is 2. The van der Waals surface area contributed by atoms with Crippen molar-refractivity contribution in [2.45, 2.75) is 76.4 Å². The van der Waals surface area contributed by atoms with Gasteiger partial charge < -0.3 is 5.11 Å². The van der Waals surface area contributed by atoms with E-state index >= 15 is 0 Å². The maximum atomic E-state index is 14.4. The van der Waals surface area contributed by atoms with Crippen LogP contribution in [0, 0.1) is 46.8 Å². The molecule has 6 rings (SSSR count). The lowest BCUT2D eigenvalue weighted by molar-refractivity contribution is -0.131. The smallest absolute Gasteiger partial charge is 0.282 e. The first kappa shape index (κ1) is 19.4. The van der Waals surface area contributed by atoms with Crippen LogP contribution in [0.3, 0.4) is 0 Å². The van der Waals surface area contributed by atoms with Crippen LogP contribution in [0.1, 0.15) is 58.3 Å². The Kier molecular flexibility index (Phi) is 3.97. The zero-order chi connectivity index (χ0) is 20.9. The van der Waals surface area contributed by atoms with Crippen LogP contribution < -0.4 is 0 Å². The number of halogens is 2. The summed E-state index contributed by atoms with van der Waals surface area (Å²) in [5.74, 6) is -1.36. The van der Waals surface area contributed by atoms with Gasteiger partial charge in [-0.3, -0.25) is 9.48 Å². The Labute approximate surface area is 176 Å². The Morgan fingerprint density at radius 1 is 1.07 bits per heavy atom. The first-order chi connectivity index (χ1) is 14.3. The molecule has 5 aliphatic rings. The summed E-state index contributed by atoms with van der Waals surface area (Å²) in [5, 5.41) is 14.6. The Morgan fingerprint density at radius 3 is 2.57 bits per heavy atom. The number of fused-ring (bicyclic) bond motifs is 7. The normalized spacial score (nSPS) is 50.7. The molecule has 0 radical (unpaired) electrons. The van der Waals surface area contributed by atoms with Gasteiger partial charge in [0.25, 0.3) is 5.92 Å². The number of hydrogen-bond donors (Lipinski definition) is 1. The third-order valence-corrected chi connectivity index (χ3v) is 10.4. The molecule has 30 heavy (non-hydrogen) atoms. The van der Waals surface area contributed by atoms with Crippen LogP contribution in [0.5, 0.6) is 0 Å². The summed E-state index contributed by atoms with van der Waals surface area (Å²) in [6.45, 7) is 2.68. The molecule has 5 aliphatic carbocycles. The SMILES string of the molecule is C[C@]12CC[C@@H]3[C@H]4CC[C@@]5(O)C([C@@H]4CC[C@H]3[C@@H]1CC[C@@H]2C(=O)Cn1cccn1)C5(F)F. The van der Waals surface area contributed by atoms with Gasteiger partial charge in [0.1, 0.15) is 5.60 Å². The van der Waals surface area contributed by atoms with Crippen LogP contribution in [0.4, 0.5) is 8.78 Å². The standard InChI is InChI=1S/C24H32F2N2O2/c1-22-9-7-14-15-8-10-23(30)21(24(23,25)26)17(15)4-3-16(14)18(22)5-6-19(22)20(29)13-28-12-2-11-27-28/h2,11-12,14-19,21,30H,3-10,13H2,1H3/t14-,15-,16-,17-,18+,19-,21?,22+,23-/m1/s1. The number of ketones is 1. The molecule has 1 N–H and O–H groups in total.